The van der Waals surface area contributed by atoms with E-state index in [-0.39, 0.29) is 11.7 Å². The number of rotatable bonds is 5. The molecule has 0 bridgehead atoms. The zero-order valence-corrected chi connectivity index (χ0v) is 19.2. The number of hydrogen-bond donors (Lipinski definition) is 1. The molecule has 0 unspecified atom stereocenters. The highest BCUT2D eigenvalue weighted by molar-refractivity contribution is 6.02. The lowest BCUT2D eigenvalue weighted by molar-refractivity contribution is 0.256. The van der Waals surface area contributed by atoms with Crippen LogP contribution in [0, 0.1) is 5.82 Å². The Morgan fingerprint density at radius 1 is 1.03 bits per heavy atom. The van der Waals surface area contributed by atoms with Gasteiger partial charge in [0.25, 0.3) is 0 Å². The van der Waals surface area contributed by atoms with Crippen molar-refractivity contribution in [2.24, 2.45) is 0 Å². The fourth-order valence-electron chi connectivity index (χ4n) is 4.15. The average molecular weight is 474 g/mol. The molecule has 5 rings (SSSR count). The van der Waals surface area contributed by atoms with Gasteiger partial charge in [0.2, 0.25) is 5.88 Å². The van der Waals surface area contributed by atoms with Gasteiger partial charge in [0, 0.05) is 18.3 Å². The van der Waals surface area contributed by atoms with Crippen molar-refractivity contribution in [2.75, 3.05) is 31.0 Å². The third kappa shape index (κ3) is 4.40. The standard InChI is InChI=1S/C26H23FN4O4/c1-33-23-13-18-21(14-24(23)34-2)28-15-29-25(18)35-17-9-10-22-16(12-17)6-5-11-31(22)26(32)30-20-8-4-3-7-19(20)27/h3-4,7-10,12-15H,5-6,11H2,1-2H3,(H,30,32). The number of amides is 2. The molecule has 8 nitrogen and oxygen atoms in total. The molecule has 2 heterocycles. The van der Waals surface area contributed by atoms with Gasteiger partial charge in [-0.05, 0) is 54.8 Å². The van der Waals surface area contributed by atoms with Crippen molar-refractivity contribution in [3.8, 4) is 23.1 Å². The highest BCUT2D eigenvalue weighted by Crippen LogP contribution is 2.37. The number of hydrogen-bond acceptors (Lipinski definition) is 6. The largest absolute Gasteiger partial charge is 0.493 e. The maximum atomic E-state index is 14.0. The first-order valence-corrected chi connectivity index (χ1v) is 11.1. The molecule has 1 aliphatic rings. The molecule has 0 radical (unpaired) electrons. The monoisotopic (exact) mass is 474 g/mol. The number of ether oxygens (including phenoxy) is 3. The van der Waals surface area contributed by atoms with E-state index in [2.05, 4.69) is 15.3 Å². The first-order valence-electron chi connectivity index (χ1n) is 11.1. The number of aryl methyl sites for hydroxylation is 1. The van der Waals surface area contributed by atoms with E-state index in [0.29, 0.717) is 40.6 Å². The second kappa shape index (κ2) is 9.46. The van der Waals surface area contributed by atoms with Crippen LogP contribution in [-0.4, -0.2) is 36.8 Å². The topological polar surface area (TPSA) is 85.8 Å². The first-order chi connectivity index (χ1) is 17.1. The molecule has 0 spiro atoms. The number of carbonyl (C=O) groups excluding carboxylic acids is 1. The van der Waals surface area contributed by atoms with E-state index in [4.69, 9.17) is 14.2 Å². The van der Waals surface area contributed by atoms with Gasteiger partial charge in [0.05, 0.1) is 30.8 Å². The molecule has 1 aromatic heterocycles. The van der Waals surface area contributed by atoms with Crippen molar-refractivity contribution < 1.29 is 23.4 Å². The van der Waals surface area contributed by atoms with E-state index < -0.39 is 5.82 Å². The van der Waals surface area contributed by atoms with Crippen LogP contribution >= 0.6 is 0 Å². The number of methoxy groups -OCH3 is 2. The van der Waals surface area contributed by atoms with Crippen molar-refractivity contribution in [2.45, 2.75) is 12.8 Å². The second-order valence-corrected chi connectivity index (χ2v) is 7.96. The smallest absolute Gasteiger partial charge is 0.326 e. The summed E-state index contributed by atoms with van der Waals surface area (Å²) in [6.07, 6.45) is 2.98. The summed E-state index contributed by atoms with van der Waals surface area (Å²) in [5.74, 6) is 1.58. The Balaban J connectivity index is 1.42. The Morgan fingerprint density at radius 2 is 1.83 bits per heavy atom. The number of urea groups is 1. The van der Waals surface area contributed by atoms with Crippen molar-refractivity contribution in [3.63, 3.8) is 0 Å². The number of anilines is 2. The summed E-state index contributed by atoms with van der Waals surface area (Å²) in [4.78, 5) is 23.1. The van der Waals surface area contributed by atoms with Crippen LogP contribution < -0.4 is 24.4 Å². The molecule has 35 heavy (non-hydrogen) atoms. The van der Waals surface area contributed by atoms with Crippen LogP contribution in [-0.2, 0) is 6.42 Å². The number of halogens is 1. The van der Waals surface area contributed by atoms with Crippen molar-refractivity contribution in [1.82, 2.24) is 9.97 Å². The van der Waals surface area contributed by atoms with Gasteiger partial charge in [-0.1, -0.05) is 12.1 Å². The van der Waals surface area contributed by atoms with Crippen LogP contribution in [0.25, 0.3) is 10.9 Å². The number of carbonyl (C=O) groups is 1. The molecule has 0 atom stereocenters. The fourth-order valence-corrected chi connectivity index (χ4v) is 4.15. The number of aromatic nitrogens is 2. The van der Waals surface area contributed by atoms with E-state index in [0.717, 1.165) is 24.1 Å². The molecular weight excluding hydrogens is 451 g/mol. The van der Waals surface area contributed by atoms with Crippen molar-refractivity contribution >= 4 is 28.3 Å². The molecule has 0 saturated carbocycles. The highest BCUT2D eigenvalue weighted by Gasteiger charge is 2.24. The number of benzene rings is 3. The van der Waals surface area contributed by atoms with Gasteiger partial charge in [-0.3, -0.25) is 4.90 Å². The van der Waals surface area contributed by atoms with Gasteiger partial charge in [0.15, 0.2) is 11.5 Å². The third-order valence-electron chi connectivity index (χ3n) is 5.85. The molecule has 0 saturated heterocycles. The molecule has 3 aromatic carbocycles. The summed E-state index contributed by atoms with van der Waals surface area (Å²) < 4.78 is 30.9. The normalized spacial score (nSPS) is 12.7. The predicted octanol–water partition coefficient (Wildman–Crippen LogP) is 5.56. The average Bonchev–Trinajstić information content (AvgIpc) is 2.88. The van der Waals surface area contributed by atoms with Crippen molar-refractivity contribution in [3.05, 3.63) is 72.3 Å². The van der Waals surface area contributed by atoms with E-state index in [1.165, 1.54) is 18.5 Å². The van der Waals surface area contributed by atoms with Crippen LogP contribution in [0.15, 0.2) is 60.9 Å². The molecule has 178 valence electrons. The van der Waals surface area contributed by atoms with E-state index in [1.807, 2.05) is 12.1 Å². The molecule has 1 aliphatic heterocycles. The second-order valence-electron chi connectivity index (χ2n) is 7.96. The molecule has 9 heteroatoms. The van der Waals surface area contributed by atoms with Crippen molar-refractivity contribution in [1.29, 1.82) is 0 Å². The number of nitrogens with zero attached hydrogens (tertiary/aromatic N) is 3. The minimum absolute atomic E-state index is 0.146. The van der Waals surface area contributed by atoms with Gasteiger partial charge < -0.3 is 19.5 Å². The minimum atomic E-state index is -0.479. The SMILES string of the molecule is COc1cc2ncnc(Oc3ccc4c(c3)CCCN4C(=O)Nc3ccccc3F)c2cc1OC. The maximum Gasteiger partial charge on any atom is 0.326 e. The Hall–Kier alpha value is -4.40. The maximum absolute atomic E-state index is 14.0. The lowest BCUT2D eigenvalue weighted by atomic mass is 10.0. The fraction of sp³-hybridized carbons (Fsp3) is 0.192. The van der Waals surface area contributed by atoms with Gasteiger partial charge in [-0.15, -0.1) is 0 Å². The zero-order valence-electron chi connectivity index (χ0n) is 19.2. The third-order valence-corrected chi connectivity index (χ3v) is 5.85. The zero-order chi connectivity index (χ0) is 24.4. The lowest BCUT2D eigenvalue weighted by Gasteiger charge is -2.30. The van der Waals surface area contributed by atoms with Crippen LogP contribution in [0.4, 0.5) is 20.6 Å². The molecule has 4 aromatic rings. The van der Waals surface area contributed by atoms with Gasteiger partial charge in [-0.25, -0.2) is 19.2 Å². The Morgan fingerprint density at radius 3 is 2.63 bits per heavy atom. The lowest BCUT2D eigenvalue weighted by Crippen LogP contribution is -2.38. The van der Waals surface area contributed by atoms with Crippen LogP contribution in [0.3, 0.4) is 0 Å². The summed E-state index contributed by atoms with van der Waals surface area (Å²) in [6.45, 7) is 0.533. The first kappa shape index (κ1) is 22.4. The molecule has 2 amide bonds. The number of fused-ring (bicyclic) bond motifs is 2. The summed E-state index contributed by atoms with van der Waals surface area (Å²) in [6, 6.07) is 14.8. The van der Waals surface area contributed by atoms with Gasteiger partial charge >= 0.3 is 6.03 Å². The minimum Gasteiger partial charge on any atom is -0.493 e. The Kier molecular flexibility index (Phi) is 6.05. The summed E-state index contributed by atoms with van der Waals surface area (Å²) in [5.41, 5.74) is 2.51. The van der Waals surface area contributed by atoms with E-state index >= 15 is 0 Å². The predicted molar refractivity (Wildman–Crippen MR) is 130 cm³/mol. The number of nitrogens with one attached hydrogen (secondary N) is 1. The van der Waals surface area contributed by atoms with Crippen LogP contribution in [0.2, 0.25) is 0 Å². The Bertz CT molecular complexity index is 1410. The summed E-state index contributed by atoms with van der Waals surface area (Å²) in [7, 11) is 3.13. The number of para-hydroxylation sites is 1. The van der Waals surface area contributed by atoms with E-state index in [9.17, 15) is 9.18 Å². The van der Waals surface area contributed by atoms with E-state index in [1.54, 1.807) is 49.5 Å². The molecule has 0 aliphatic carbocycles. The quantitative estimate of drug-likeness (QED) is 0.407. The van der Waals surface area contributed by atoms with Crippen LogP contribution in [0.1, 0.15) is 12.0 Å². The molecular formula is C26H23FN4O4. The summed E-state index contributed by atoms with van der Waals surface area (Å²) >= 11 is 0. The Labute approximate surface area is 201 Å². The molecule has 0 fully saturated rings. The van der Waals surface area contributed by atoms with Gasteiger partial charge in [-0.2, -0.15) is 0 Å². The molecule has 1 N–H and O–H groups in total. The summed E-state index contributed by atoms with van der Waals surface area (Å²) in [5, 5.41) is 3.33. The highest BCUT2D eigenvalue weighted by atomic mass is 19.1. The van der Waals surface area contributed by atoms with Gasteiger partial charge in [0.1, 0.15) is 17.9 Å². The van der Waals surface area contributed by atoms with Crippen LogP contribution in [0.5, 0.6) is 23.1 Å².